The molecule has 0 atom stereocenters. The van der Waals surface area contributed by atoms with Crippen molar-refractivity contribution < 1.29 is 9.53 Å². The van der Waals surface area contributed by atoms with Crippen LogP contribution in [0.5, 0.6) is 5.75 Å². The third kappa shape index (κ3) is 2.74. The highest BCUT2D eigenvalue weighted by molar-refractivity contribution is 6.06. The van der Waals surface area contributed by atoms with Gasteiger partial charge >= 0.3 is 0 Å². The fraction of sp³-hybridized carbons (Fsp3) is 0.118. The van der Waals surface area contributed by atoms with Crippen molar-refractivity contribution in [2.45, 2.75) is 6.92 Å². The molecule has 1 amide bonds. The maximum absolute atomic E-state index is 12.4. The normalized spacial score (nSPS) is 10.5. The molecular formula is C17H15N3O2. The first-order valence-electron chi connectivity index (χ1n) is 6.84. The van der Waals surface area contributed by atoms with Gasteiger partial charge < -0.3 is 10.1 Å². The monoisotopic (exact) mass is 293 g/mol. The fourth-order valence-corrected chi connectivity index (χ4v) is 2.24. The summed E-state index contributed by atoms with van der Waals surface area (Å²) < 4.78 is 5.19. The summed E-state index contributed by atoms with van der Waals surface area (Å²) in [6, 6.07) is 11.0. The Labute approximate surface area is 128 Å². The fourth-order valence-electron chi connectivity index (χ4n) is 2.24. The molecule has 0 radical (unpaired) electrons. The zero-order valence-electron chi connectivity index (χ0n) is 12.3. The van der Waals surface area contributed by atoms with Gasteiger partial charge in [-0.15, -0.1) is 0 Å². The van der Waals surface area contributed by atoms with Crippen LogP contribution in [0, 0.1) is 6.92 Å². The number of hydrogen-bond acceptors (Lipinski definition) is 4. The van der Waals surface area contributed by atoms with E-state index in [-0.39, 0.29) is 5.91 Å². The van der Waals surface area contributed by atoms with Gasteiger partial charge in [0.25, 0.3) is 5.91 Å². The van der Waals surface area contributed by atoms with E-state index >= 15 is 0 Å². The van der Waals surface area contributed by atoms with Crippen molar-refractivity contribution in [3.63, 3.8) is 0 Å². The molecule has 0 aliphatic rings. The molecule has 2 heterocycles. The second-order valence-electron chi connectivity index (χ2n) is 4.88. The number of aryl methyl sites for hydroxylation is 1. The smallest absolute Gasteiger partial charge is 0.257 e. The molecule has 0 aliphatic heterocycles. The molecular weight excluding hydrogens is 278 g/mol. The molecule has 0 fully saturated rings. The van der Waals surface area contributed by atoms with Gasteiger partial charge in [0.05, 0.1) is 35.8 Å². The molecule has 3 rings (SSSR count). The second-order valence-corrected chi connectivity index (χ2v) is 4.88. The number of carbonyl (C=O) groups excluding carboxylic acids is 1. The van der Waals surface area contributed by atoms with E-state index < -0.39 is 0 Å². The van der Waals surface area contributed by atoms with Crippen LogP contribution in [0.25, 0.3) is 10.9 Å². The average molecular weight is 293 g/mol. The highest BCUT2D eigenvalue weighted by atomic mass is 16.5. The Kier molecular flexibility index (Phi) is 3.70. The number of carbonyl (C=O) groups is 1. The first kappa shape index (κ1) is 14.0. The Bertz CT molecular complexity index is 832. The predicted molar refractivity (Wildman–Crippen MR) is 85.2 cm³/mol. The summed E-state index contributed by atoms with van der Waals surface area (Å²) in [6.07, 6.45) is 3.26. The summed E-state index contributed by atoms with van der Waals surface area (Å²) in [6.45, 7) is 1.82. The number of hydrogen-bond donors (Lipinski definition) is 1. The number of ether oxygens (including phenoxy) is 1. The number of benzene rings is 1. The minimum absolute atomic E-state index is 0.198. The Hall–Kier alpha value is -2.95. The maximum Gasteiger partial charge on any atom is 0.257 e. The summed E-state index contributed by atoms with van der Waals surface area (Å²) in [4.78, 5) is 20.9. The van der Waals surface area contributed by atoms with E-state index in [0.717, 1.165) is 16.7 Å². The molecule has 0 saturated carbocycles. The molecule has 110 valence electrons. The first-order valence-corrected chi connectivity index (χ1v) is 6.84. The van der Waals surface area contributed by atoms with Crippen LogP contribution >= 0.6 is 0 Å². The third-order valence-corrected chi connectivity index (χ3v) is 3.38. The van der Waals surface area contributed by atoms with Gasteiger partial charge in [-0.1, -0.05) is 0 Å². The number of anilines is 1. The number of amides is 1. The summed E-state index contributed by atoms with van der Waals surface area (Å²) in [5.41, 5.74) is 2.67. The van der Waals surface area contributed by atoms with Crippen LogP contribution in [0.2, 0.25) is 0 Å². The number of nitrogens with zero attached hydrogens (tertiary/aromatic N) is 2. The largest absolute Gasteiger partial charge is 0.497 e. The minimum atomic E-state index is -0.198. The zero-order valence-corrected chi connectivity index (χ0v) is 12.3. The van der Waals surface area contributed by atoms with Crippen molar-refractivity contribution in [2.75, 3.05) is 12.4 Å². The quantitative estimate of drug-likeness (QED) is 0.805. The number of pyridine rings is 2. The molecule has 22 heavy (non-hydrogen) atoms. The standard InChI is InChI=1S/C17H15N3O2/c1-11-15(17(21)20-13-4-3-7-18-10-13)8-12-5-6-14(22-2)9-16(12)19-11/h3-10H,1-2H3,(H,20,21). The third-order valence-electron chi connectivity index (χ3n) is 3.38. The number of methoxy groups -OCH3 is 1. The van der Waals surface area contributed by atoms with Crippen LogP contribution in [0.1, 0.15) is 16.1 Å². The lowest BCUT2D eigenvalue weighted by molar-refractivity contribution is 0.102. The molecule has 5 nitrogen and oxygen atoms in total. The van der Waals surface area contributed by atoms with Crippen molar-refractivity contribution in [1.82, 2.24) is 9.97 Å². The molecule has 0 bridgehead atoms. The molecule has 5 heteroatoms. The van der Waals surface area contributed by atoms with E-state index in [0.29, 0.717) is 16.9 Å². The van der Waals surface area contributed by atoms with Crippen LogP contribution in [0.15, 0.2) is 48.8 Å². The lowest BCUT2D eigenvalue weighted by Gasteiger charge is -2.09. The molecule has 3 aromatic rings. The van der Waals surface area contributed by atoms with E-state index in [1.165, 1.54) is 0 Å². The van der Waals surface area contributed by atoms with Gasteiger partial charge in [-0.2, -0.15) is 0 Å². The van der Waals surface area contributed by atoms with Gasteiger partial charge in [-0.05, 0) is 37.3 Å². The van der Waals surface area contributed by atoms with Crippen molar-refractivity contribution >= 4 is 22.5 Å². The molecule has 2 aromatic heterocycles. The van der Waals surface area contributed by atoms with Crippen LogP contribution in [0.4, 0.5) is 5.69 Å². The Balaban J connectivity index is 1.96. The molecule has 0 aliphatic carbocycles. The van der Waals surface area contributed by atoms with Crippen molar-refractivity contribution in [2.24, 2.45) is 0 Å². The minimum Gasteiger partial charge on any atom is -0.497 e. The SMILES string of the molecule is COc1ccc2cc(C(=O)Nc3cccnc3)c(C)nc2c1. The first-order chi connectivity index (χ1) is 10.7. The highest BCUT2D eigenvalue weighted by Gasteiger charge is 2.12. The van der Waals surface area contributed by atoms with Crippen LogP contribution in [-0.4, -0.2) is 23.0 Å². The van der Waals surface area contributed by atoms with Crippen LogP contribution < -0.4 is 10.1 Å². The number of aromatic nitrogens is 2. The Morgan fingerprint density at radius 3 is 2.82 bits per heavy atom. The van der Waals surface area contributed by atoms with Gasteiger partial charge in [-0.25, -0.2) is 0 Å². The van der Waals surface area contributed by atoms with Gasteiger partial charge in [0, 0.05) is 17.6 Å². The van der Waals surface area contributed by atoms with Gasteiger partial charge in [0.2, 0.25) is 0 Å². The van der Waals surface area contributed by atoms with E-state index in [2.05, 4.69) is 15.3 Å². The van der Waals surface area contributed by atoms with Gasteiger partial charge in [0.1, 0.15) is 5.75 Å². The van der Waals surface area contributed by atoms with E-state index in [9.17, 15) is 4.79 Å². The predicted octanol–water partition coefficient (Wildman–Crippen LogP) is 3.20. The number of fused-ring (bicyclic) bond motifs is 1. The van der Waals surface area contributed by atoms with Crippen LogP contribution in [-0.2, 0) is 0 Å². The molecule has 0 spiro atoms. The molecule has 1 aromatic carbocycles. The van der Waals surface area contributed by atoms with Crippen molar-refractivity contribution in [3.05, 3.63) is 60.0 Å². The van der Waals surface area contributed by atoms with E-state index in [1.807, 2.05) is 31.2 Å². The van der Waals surface area contributed by atoms with E-state index in [1.54, 1.807) is 31.6 Å². The number of nitrogens with one attached hydrogen (secondary N) is 1. The summed E-state index contributed by atoms with van der Waals surface area (Å²) in [7, 11) is 1.61. The lowest BCUT2D eigenvalue weighted by atomic mass is 10.1. The molecule has 0 saturated heterocycles. The maximum atomic E-state index is 12.4. The lowest BCUT2D eigenvalue weighted by Crippen LogP contribution is -2.14. The van der Waals surface area contributed by atoms with Crippen LogP contribution in [0.3, 0.4) is 0 Å². The topological polar surface area (TPSA) is 64.1 Å². The van der Waals surface area contributed by atoms with Gasteiger partial charge in [-0.3, -0.25) is 14.8 Å². The second kappa shape index (κ2) is 5.81. The number of rotatable bonds is 3. The van der Waals surface area contributed by atoms with Crippen molar-refractivity contribution in [1.29, 1.82) is 0 Å². The molecule has 1 N–H and O–H groups in total. The highest BCUT2D eigenvalue weighted by Crippen LogP contribution is 2.22. The average Bonchev–Trinajstić information content (AvgIpc) is 2.54. The van der Waals surface area contributed by atoms with Crippen molar-refractivity contribution in [3.8, 4) is 5.75 Å². The Morgan fingerprint density at radius 2 is 2.09 bits per heavy atom. The summed E-state index contributed by atoms with van der Waals surface area (Å²) >= 11 is 0. The molecule has 0 unspecified atom stereocenters. The summed E-state index contributed by atoms with van der Waals surface area (Å²) in [5.74, 6) is 0.544. The van der Waals surface area contributed by atoms with E-state index in [4.69, 9.17) is 4.74 Å². The summed E-state index contributed by atoms with van der Waals surface area (Å²) in [5, 5.41) is 3.71. The zero-order chi connectivity index (χ0) is 15.5. The van der Waals surface area contributed by atoms with Gasteiger partial charge in [0.15, 0.2) is 0 Å². The Morgan fingerprint density at radius 1 is 1.23 bits per heavy atom.